The van der Waals surface area contributed by atoms with Crippen LogP contribution in [0.1, 0.15) is 13.3 Å². The van der Waals surface area contributed by atoms with Crippen LogP contribution in [0.25, 0.3) is 0 Å². The fraction of sp³-hybridized carbons (Fsp3) is 0.800. The zero-order chi connectivity index (χ0) is 17.8. The molecule has 3 aliphatic rings. The summed E-state index contributed by atoms with van der Waals surface area (Å²) in [7, 11) is 0. The Hall–Kier alpha value is -0.970. The summed E-state index contributed by atoms with van der Waals surface area (Å²) in [5.41, 5.74) is 0. The number of fused-ring (bicyclic) bond motifs is 1. The maximum atomic E-state index is 12.6. The number of hydrogen-bond acceptors (Lipinski definition) is 8. The van der Waals surface area contributed by atoms with E-state index in [9.17, 15) is 14.4 Å². The predicted molar refractivity (Wildman–Crippen MR) is 93.4 cm³/mol. The van der Waals surface area contributed by atoms with E-state index in [1.54, 1.807) is 6.92 Å². The third-order valence-corrected chi connectivity index (χ3v) is 6.94. The van der Waals surface area contributed by atoms with Gasteiger partial charge in [-0.15, -0.1) is 23.5 Å². The van der Waals surface area contributed by atoms with Crippen LogP contribution in [0.4, 0.5) is 4.79 Å². The second-order valence-corrected chi connectivity index (χ2v) is 8.33. The lowest BCUT2D eigenvalue weighted by Gasteiger charge is -2.29. The van der Waals surface area contributed by atoms with Crippen molar-refractivity contribution in [3.8, 4) is 0 Å². The first-order valence-electron chi connectivity index (χ1n) is 8.34. The molecule has 3 rings (SSSR count). The van der Waals surface area contributed by atoms with Crippen molar-refractivity contribution >= 4 is 41.4 Å². The highest BCUT2D eigenvalue weighted by atomic mass is 32.2. The summed E-state index contributed by atoms with van der Waals surface area (Å²) in [5.74, 6) is 0.464. The average molecular weight is 390 g/mol. The van der Waals surface area contributed by atoms with Crippen LogP contribution in [0.2, 0.25) is 0 Å². The van der Waals surface area contributed by atoms with E-state index < -0.39 is 17.9 Å². The van der Waals surface area contributed by atoms with Gasteiger partial charge in [0, 0.05) is 5.75 Å². The van der Waals surface area contributed by atoms with Crippen molar-refractivity contribution in [1.29, 1.82) is 0 Å². The molecule has 3 aliphatic heterocycles. The number of rotatable bonds is 4. The van der Waals surface area contributed by atoms with Crippen molar-refractivity contribution in [3.05, 3.63) is 0 Å². The van der Waals surface area contributed by atoms with E-state index in [0.29, 0.717) is 19.6 Å². The number of amides is 3. The summed E-state index contributed by atoms with van der Waals surface area (Å²) in [6.07, 6.45) is -0.438. The maximum absolute atomic E-state index is 12.6. The van der Waals surface area contributed by atoms with Crippen LogP contribution in [0, 0.1) is 5.92 Å². The van der Waals surface area contributed by atoms with Crippen LogP contribution in [-0.4, -0.2) is 72.1 Å². The van der Waals surface area contributed by atoms with E-state index >= 15 is 0 Å². The molecular formula is C15H22N2O6S2. The second kappa shape index (κ2) is 8.61. The summed E-state index contributed by atoms with van der Waals surface area (Å²) in [4.78, 5) is 36.3. The van der Waals surface area contributed by atoms with Gasteiger partial charge in [-0.2, -0.15) is 0 Å². The molecule has 0 radical (unpaired) electrons. The van der Waals surface area contributed by atoms with Gasteiger partial charge in [-0.25, -0.2) is 4.79 Å². The number of hydrogen-bond donors (Lipinski definition) is 2. The predicted octanol–water partition coefficient (Wildman–Crippen LogP) is 0.354. The van der Waals surface area contributed by atoms with Crippen molar-refractivity contribution in [3.63, 3.8) is 0 Å². The van der Waals surface area contributed by atoms with E-state index in [1.807, 2.05) is 0 Å². The standard InChI is InChI=1S/C15H22N2O6S2/c1-2-21-15(20)17-12(18)8-3-6-24-14(8)16-13(19)11-10-9(7-25-11)22-4-5-23-10/h8-11,14H,2-7H2,1H3,(H,16,19)(H,17,18,20). The number of carbonyl (C=O) groups excluding carboxylic acids is 3. The zero-order valence-corrected chi connectivity index (χ0v) is 15.5. The van der Waals surface area contributed by atoms with Gasteiger partial charge in [0.2, 0.25) is 11.8 Å². The minimum absolute atomic E-state index is 0.0476. The molecule has 0 aromatic rings. The van der Waals surface area contributed by atoms with Crippen molar-refractivity contribution < 1.29 is 28.6 Å². The molecule has 10 heteroatoms. The Kier molecular flexibility index (Phi) is 6.48. The number of nitrogens with one attached hydrogen (secondary N) is 2. The van der Waals surface area contributed by atoms with Gasteiger partial charge in [-0.1, -0.05) is 0 Å². The molecule has 5 atom stereocenters. The molecule has 3 fully saturated rings. The Morgan fingerprint density at radius 3 is 2.76 bits per heavy atom. The van der Waals surface area contributed by atoms with Gasteiger partial charge in [-0.3, -0.25) is 14.9 Å². The molecule has 140 valence electrons. The molecular weight excluding hydrogens is 368 g/mol. The number of thioether (sulfide) groups is 2. The van der Waals surface area contributed by atoms with Crippen molar-refractivity contribution in [2.24, 2.45) is 5.92 Å². The highest BCUT2D eigenvalue weighted by Gasteiger charge is 2.46. The quantitative estimate of drug-likeness (QED) is 0.709. The lowest BCUT2D eigenvalue weighted by atomic mass is 10.1. The molecule has 3 saturated heterocycles. The van der Waals surface area contributed by atoms with Gasteiger partial charge in [0.1, 0.15) is 11.4 Å². The monoisotopic (exact) mass is 390 g/mol. The lowest BCUT2D eigenvalue weighted by Crippen LogP contribution is -2.50. The first-order chi connectivity index (χ1) is 12.1. The summed E-state index contributed by atoms with van der Waals surface area (Å²) < 4.78 is 16.1. The summed E-state index contributed by atoms with van der Waals surface area (Å²) >= 11 is 3.03. The summed E-state index contributed by atoms with van der Waals surface area (Å²) in [5, 5.41) is 4.48. The zero-order valence-electron chi connectivity index (χ0n) is 13.9. The maximum Gasteiger partial charge on any atom is 0.413 e. The minimum Gasteiger partial charge on any atom is -0.450 e. The minimum atomic E-state index is -0.753. The fourth-order valence-electron chi connectivity index (χ4n) is 3.11. The number of alkyl carbamates (subject to hydrolysis) is 1. The van der Waals surface area contributed by atoms with Crippen LogP contribution in [0.3, 0.4) is 0 Å². The van der Waals surface area contributed by atoms with E-state index in [-0.39, 0.29) is 35.3 Å². The van der Waals surface area contributed by atoms with Gasteiger partial charge < -0.3 is 19.5 Å². The topological polar surface area (TPSA) is 103 Å². The van der Waals surface area contributed by atoms with Crippen molar-refractivity contribution in [2.45, 2.75) is 36.2 Å². The fourth-order valence-corrected chi connectivity index (χ4v) is 5.79. The molecule has 3 amide bonds. The van der Waals surface area contributed by atoms with Gasteiger partial charge in [0.15, 0.2) is 0 Å². The molecule has 2 N–H and O–H groups in total. The average Bonchev–Trinajstić information content (AvgIpc) is 3.21. The Labute approximate surface area is 154 Å². The molecule has 5 unspecified atom stereocenters. The van der Waals surface area contributed by atoms with Gasteiger partial charge in [-0.05, 0) is 19.1 Å². The SMILES string of the molecule is CCOC(=O)NC(=O)C1CCSC1NC(=O)C1SCC2OCCOC21. The normalized spacial score (nSPS) is 34.2. The lowest BCUT2D eigenvalue weighted by molar-refractivity contribution is -0.140. The highest BCUT2D eigenvalue weighted by Crippen LogP contribution is 2.35. The largest absolute Gasteiger partial charge is 0.450 e. The molecule has 0 spiro atoms. The summed E-state index contributed by atoms with van der Waals surface area (Å²) in [6, 6.07) is 0. The van der Waals surface area contributed by atoms with Crippen LogP contribution >= 0.6 is 23.5 Å². The molecule has 0 aromatic heterocycles. The molecule has 0 bridgehead atoms. The van der Waals surface area contributed by atoms with Crippen LogP contribution in [0.15, 0.2) is 0 Å². The first kappa shape index (κ1) is 18.8. The number of ether oxygens (including phenoxy) is 3. The van der Waals surface area contributed by atoms with Gasteiger partial charge in [0.25, 0.3) is 0 Å². The van der Waals surface area contributed by atoms with Gasteiger partial charge in [0.05, 0.1) is 37.2 Å². The molecule has 3 heterocycles. The van der Waals surface area contributed by atoms with Crippen molar-refractivity contribution in [2.75, 3.05) is 31.3 Å². The second-order valence-electron chi connectivity index (χ2n) is 5.90. The summed E-state index contributed by atoms with van der Waals surface area (Å²) in [6.45, 7) is 2.92. The smallest absolute Gasteiger partial charge is 0.413 e. The third-order valence-electron chi connectivity index (χ3n) is 4.30. The van der Waals surface area contributed by atoms with Crippen LogP contribution in [0.5, 0.6) is 0 Å². The molecule has 0 aliphatic carbocycles. The Balaban J connectivity index is 1.55. The molecule has 8 nitrogen and oxygen atoms in total. The Morgan fingerprint density at radius 2 is 1.96 bits per heavy atom. The highest BCUT2D eigenvalue weighted by molar-refractivity contribution is 8.01. The molecule has 25 heavy (non-hydrogen) atoms. The van der Waals surface area contributed by atoms with Crippen LogP contribution < -0.4 is 10.6 Å². The Bertz CT molecular complexity index is 534. The van der Waals surface area contributed by atoms with E-state index in [1.165, 1.54) is 23.5 Å². The van der Waals surface area contributed by atoms with E-state index in [4.69, 9.17) is 14.2 Å². The molecule has 0 aromatic carbocycles. The molecule has 0 saturated carbocycles. The Morgan fingerprint density at radius 1 is 1.16 bits per heavy atom. The van der Waals surface area contributed by atoms with E-state index in [2.05, 4.69) is 10.6 Å². The number of imide groups is 1. The van der Waals surface area contributed by atoms with Gasteiger partial charge >= 0.3 is 6.09 Å². The van der Waals surface area contributed by atoms with E-state index in [0.717, 1.165) is 11.5 Å². The first-order valence-corrected chi connectivity index (χ1v) is 10.4. The third kappa shape index (κ3) is 4.42. The van der Waals surface area contributed by atoms with Crippen molar-refractivity contribution in [1.82, 2.24) is 10.6 Å². The van der Waals surface area contributed by atoms with Crippen LogP contribution in [-0.2, 0) is 23.8 Å². The number of carbonyl (C=O) groups is 3.